The van der Waals surface area contributed by atoms with E-state index in [-0.39, 0.29) is 18.8 Å². The molecule has 6 heteroatoms. The maximum absolute atomic E-state index is 9.47. The highest BCUT2D eigenvalue weighted by Gasteiger charge is 2.32. The fourth-order valence-electron chi connectivity index (χ4n) is 4.69. The van der Waals surface area contributed by atoms with E-state index < -0.39 is 6.29 Å². The first-order valence-electron chi connectivity index (χ1n) is 12.8. The molecule has 0 unspecified atom stereocenters. The zero-order chi connectivity index (χ0) is 26.3. The van der Waals surface area contributed by atoms with Gasteiger partial charge in [-0.25, -0.2) is 0 Å². The largest absolute Gasteiger partial charge is 0.496 e. The zero-order valence-corrected chi connectivity index (χ0v) is 22.3. The molecular weight excluding hydrogens is 494 g/mol. The van der Waals surface area contributed by atoms with Crippen LogP contribution < -0.4 is 10.5 Å². The molecule has 5 nitrogen and oxygen atoms in total. The number of methoxy groups -OCH3 is 1. The van der Waals surface area contributed by atoms with Crippen molar-refractivity contribution in [2.24, 2.45) is 5.73 Å². The van der Waals surface area contributed by atoms with Gasteiger partial charge in [-0.2, -0.15) is 0 Å². The predicted octanol–water partition coefficient (Wildman–Crippen LogP) is 6.65. The minimum Gasteiger partial charge on any atom is -0.496 e. The first-order valence-corrected chi connectivity index (χ1v) is 13.8. The lowest BCUT2D eigenvalue weighted by Crippen LogP contribution is -2.31. The number of aliphatic hydroxyl groups excluding tert-OH is 1. The molecule has 3 atom stereocenters. The number of thioether (sulfide) groups is 1. The minimum atomic E-state index is -0.507. The number of para-hydroxylation sites is 1. The van der Waals surface area contributed by atoms with Gasteiger partial charge < -0.3 is 25.1 Å². The van der Waals surface area contributed by atoms with Crippen LogP contribution >= 0.6 is 11.8 Å². The van der Waals surface area contributed by atoms with Gasteiger partial charge in [0.15, 0.2) is 6.29 Å². The van der Waals surface area contributed by atoms with E-state index in [1.807, 2.05) is 60.7 Å². The van der Waals surface area contributed by atoms with Crippen LogP contribution in [0.25, 0.3) is 11.1 Å². The van der Waals surface area contributed by atoms with Crippen molar-refractivity contribution in [3.8, 4) is 16.9 Å². The summed E-state index contributed by atoms with van der Waals surface area (Å²) in [5.41, 5.74) is 12.1. The Balaban J connectivity index is 1.41. The van der Waals surface area contributed by atoms with Crippen LogP contribution in [0.2, 0.25) is 0 Å². The van der Waals surface area contributed by atoms with Crippen LogP contribution in [0.4, 0.5) is 0 Å². The third kappa shape index (κ3) is 6.29. The highest BCUT2D eigenvalue weighted by Crippen LogP contribution is 2.41. The third-order valence-electron chi connectivity index (χ3n) is 6.76. The lowest BCUT2D eigenvalue weighted by Gasteiger charge is -2.36. The van der Waals surface area contributed by atoms with Crippen LogP contribution in [0.15, 0.2) is 102 Å². The van der Waals surface area contributed by atoms with E-state index in [0.29, 0.717) is 6.54 Å². The van der Waals surface area contributed by atoms with E-state index in [1.54, 1.807) is 18.9 Å². The second-order valence-electron chi connectivity index (χ2n) is 9.34. The van der Waals surface area contributed by atoms with Crippen LogP contribution in [0, 0.1) is 0 Å². The van der Waals surface area contributed by atoms with Gasteiger partial charge in [-0.05, 0) is 52.1 Å². The first kappa shape index (κ1) is 26.5. The summed E-state index contributed by atoms with van der Waals surface area (Å²) in [5, 5.41) is 9.47. The maximum Gasteiger partial charge on any atom is 0.184 e. The molecule has 4 aromatic rings. The van der Waals surface area contributed by atoms with Crippen molar-refractivity contribution in [2.75, 3.05) is 12.9 Å². The van der Waals surface area contributed by atoms with Crippen molar-refractivity contribution in [1.29, 1.82) is 0 Å². The predicted molar refractivity (Wildman–Crippen MR) is 152 cm³/mol. The average Bonchev–Trinajstić information content (AvgIpc) is 3.00. The van der Waals surface area contributed by atoms with Crippen LogP contribution in [0.3, 0.4) is 0 Å². The lowest BCUT2D eigenvalue weighted by molar-refractivity contribution is -0.245. The smallest absolute Gasteiger partial charge is 0.184 e. The molecule has 0 saturated carbocycles. The number of benzene rings is 4. The molecule has 0 bridgehead atoms. The molecule has 1 aliphatic rings. The van der Waals surface area contributed by atoms with Gasteiger partial charge in [0.1, 0.15) is 5.75 Å². The summed E-state index contributed by atoms with van der Waals surface area (Å²) in [6.07, 6.45) is 0.0617. The molecule has 0 spiro atoms. The van der Waals surface area contributed by atoms with Gasteiger partial charge in [0, 0.05) is 29.2 Å². The van der Waals surface area contributed by atoms with Crippen molar-refractivity contribution in [2.45, 2.75) is 43.0 Å². The minimum absolute atomic E-state index is 0.0217. The Labute approximate surface area is 228 Å². The molecule has 3 N–H and O–H groups in total. The summed E-state index contributed by atoms with van der Waals surface area (Å²) in [5.74, 6) is 1.63. The van der Waals surface area contributed by atoms with E-state index in [9.17, 15) is 5.11 Å². The molecule has 4 aromatic carbocycles. The van der Waals surface area contributed by atoms with E-state index in [4.69, 9.17) is 19.9 Å². The summed E-state index contributed by atoms with van der Waals surface area (Å²) in [7, 11) is 1.70. The molecular formula is C32H33NO4S. The number of hydrogen-bond donors (Lipinski definition) is 2. The molecule has 0 aromatic heterocycles. The molecule has 1 saturated heterocycles. The molecule has 0 radical (unpaired) electrons. The fourth-order valence-corrected chi connectivity index (χ4v) is 5.73. The van der Waals surface area contributed by atoms with Gasteiger partial charge >= 0.3 is 0 Å². The van der Waals surface area contributed by atoms with Gasteiger partial charge in [-0.3, -0.25) is 0 Å². The van der Waals surface area contributed by atoms with Crippen LogP contribution in [0.5, 0.6) is 5.75 Å². The summed E-state index contributed by atoms with van der Waals surface area (Å²) in [6, 6.07) is 32.7. The first-order chi connectivity index (χ1) is 18.7. The molecule has 38 heavy (non-hydrogen) atoms. The second kappa shape index (κ2) is 12.6. The SMILES string of the molecule is COc1ccccc1SC[C@H]1C[C@@H](c2ccc(CO)cc2)O[C@@H](c2cccc(-c3cccc(CN)c3)c2)O1. The Bertz CT molecular complexity index is 1340. The Morgan fingerprint density at radius 3 is 2.37 bits per heavy atom. The molecule has 1 aliphatic heterocycles. The Morgan fingerprint density at radius 2 is 1.61 bits per heavy atom. The van der Waals surface area contributed by atoms with Gasteiger partial charge in [-0.1, -0.05) is 72.8 Å². The van der Waals surface area contributed by atoms with Crippen molar-refractivity contribution in [1.82, 2.24) is 0 Å². The third-order valence-corrected chi connectivity index (χ3v) is 7.95. The van der Waals surface area contributed by atoms with Crippen molar-refractivity contribution >= 4 is 11.8 Å². The van der Waals surface area contributed by atoms with E-state index in [0.717, 1.165) is 56.2 Å². The molecule has 1 heterocycles. The average molecular weight is 528 g/mol. The monoisotopic (exact) mass is 527 g/mol. The Hall–Kier alpha value is -3.13. The van der Waals surface area contributed by atoms with Crippen molar-refractivity contribution in [3.63, 3.8) is 0 Å². The van der Waals surface area contributed by atoms with Gasteiger partial charge in [0.2, 0.25) is 0 Å². The van der Waals surface area contributed by atoms with Crippen molar-refractivity contribution < 1.29 is 19.3 Å². The van der Waals surface area contributed by atoms with Crippen LogP contribution in [-0.4, -0.2) is 24.1 Å². The number of nitrogens with two attached hydrogens (primary N) is 1. The standard InChI is InChI=1S/C32H33NO4S/c1-35-29-10-2-3-11-31(29)38-21-28-18-30(24-14-12-22(20-34)13-15-24)37-32(36-28)27-9-5-8-26(17-27)25-7-4-6-23(16-25)19-33/h2-17,28,30,32,34H,18-21,33H2,1H3/t28-,30+,32+/m1/s1. The van der Waals surface area contributed by atoms with Gasteiger partial charge in [-0.15, -0.1) is 11.8 Å². The summed E-state index contributed by atoms with van der Waals surface area (Å²) in [6.45, 7) is 0.526. The summed E-state index contributed by atoms with van der Waals surface area (Å²) >= 11 is 1.73. The van der Waals surface area contributed by atoms with Gasteiger partial charge in [0.05, 0.1) is 25.9 Å². The van der Waals surface area contributed by atoms with Crippen LogP contribution in [0.1, 0.15) is 41.1 Å². The normalized spacial score (nSPS) is 19.3. The Morgan fingerprint density at radius 1 is 0.842 bits per heavy atom. The topological polar surface area (TPSA) is 73.9 Å². The number of hydrogen-bond acceptors (Lipinski definition) is 6. The lowest BCUT2D eigenvalue weighted by atomic mass is 9.99. The molecule has 0 aliphatic carbocycles. The van der Waals surface area contributed by atoms with E-state index >= 15 is 0 Å². The number of ether oxygens (including phenoxy) is 3. The maximum atomic E-state index is 9.47. The molecule has 196 valence electrons. The Kier molecular flexibility index (Phi) is 8.79. The fraction of sp³-hybridized carbons (Fsp3) is 0.250. The molecule has 5 rings (SSSR count). The highest BCUT2D eigenvalue weighted by atomic mass is 32.2. The number of aliphatic hydroxyl groups is 1. The van der Waals surface area contributed by atoms with Gasteiger partial charge in [0.25, 0.3) is 0 Å². The quantitative estimate of drug-likeness (QED) is 0.237. The molecule has 1 fully saturated rings. The summed E-state index contributed by atoms with van der Waals surface area (Å²) in [4.78, 5) is 1.09. The summed E-state index contributed by atoms with van der Waals surface area (Å²) < 4.78 is 18.7. The second-order valence-corrected chi connectivity index (χ2v) is 10.4. The van der Waals surface area contributed by atoms with E-state index in [1.165, 1.54) is 0 Å². The highest BCUT2D eigenvalue weighted by molar-refractivity contribution is 7.99. The van der Waals surface area contributed by atoms with Crippen LogP contribution in [-0.2, 0) is 22.6 Å². The number of rotatable bonds is 9. The zero-order valence-electron chi connectivity index (χ0n) is 21.5. The van der Waals surface area contributed by atoms with E-state index in [2.05, 4.69) is 36.4 Å². The molecule has 0 amide bonds. The van der Waals surface area contributed by atoms with Crippen molar-refractivity contribution in [3.05, 3.63) is 119 Å².